The summed E-state index contributed by atoms with van der Waals surface area (Å²) >= 11 is 2.15. The van der Waals surface area contributed by atoms with E-state index in [2.05, 4.69) is 33.0 Å². The Labute approximate surface area is 269 Å². The number of aryl methyl sites for hydroxylation is 1. The van der Waals surface area contributed by atoms with E-state index >= 15 is 0 Å². The molecule has 2 heterocycles. The summed E-state index contributed by atoms with van der Waals surface area (Å²) in [6, 6.07) is 6.49. The number of carbonyl (C=O) groups is 3. The van der Waals surface area contributed by atoms with E-state index < -0.39 is 17.7 Å². The molecule has 2 bridgehead atoms. The van der Waals surface area contributed by atoms with Gasteiger partial charge in [-0.3, -0.25) is 14.5 Å². The molecule has 4 rings (SSSR count). The molecule has 1 aliphatic heterocycles. The highest BCUT2D eigenvalue weighted by Crippen LogP contribution is 2.43. The zero-order valence-electron chi connectivity index (χ0n) is 26.9. The minimum absolute atomic E-state index is 0.0329. The molecule has 1 saturated heterocycles. The fourth-order valence-corrected chi connectivity index (χ4v) is 4.96. The van der Waals surface area contributed by atoms with Gasteiger partial charge in [-0.15, -0.1) is 0 Å². The van der Waals surface area contributed by atoms with E-state index in [4.69, 9.17) is 10.00 Å². The number of nitrogens with zero attached hydrogens (tertiary/aromatic N) is 4. The number of nitriles is 1. The minimum Gasteiger partial charge on any atom is -0.444 e. The second kappa shape index (κ2) is 18.0. The third-order valence-electron chi connectivity index (χ3n) is 6.73. The van der Waals surface area contributed by atoms with Gasteiger partial charge in [-0.2, -0.15) is 10.4 Å². The van der Waals surface area contributed by atoms with Gasteiger partial charge in [0, 0.05) is 24.2 Å². The summed E-state index contributed by atoms with van der Waals surface area (Å²) < 4.78 is 20.2. The first-order valence-electron chi connectivity index (χ1n) is 14.7. The molecule has 11 heteroatoms. The molecular formula is C32H47FIN5O4. The van der Waals surface area contributed by atoms with E-state index in [9.17, 15) is 18.8 Å². The van der Waals surface area contributed by atoms with Crippen molar-refractivity contribution in [3.05, 3.63) is 42.0 Å². The number of rotatable bonds is 5. The molecule has 238 valence electrons. The predicted molar refractivity (Wildman–Crippen MR) is 175 cm³/mol. The van der Waals surface area contributed by atoms with Crippen molar-refractivity contribution in [1.82, 2.24) is 20.0 Å². The predicted octanol–water partition coefficient (Wildman–Crippen LogP) is 7.18. The highest BCUT2D eigenvalue weighted by atomic mass is 127. The summed E-state index contributed by atoms with van der Waals surface area (Å²) in [7, 11) is 0. The first kappa shape index (κ1) is 38.0. The fraction of sp³-hybridized carbons (Fsp3) is 0.594. The van der Waals surface area contributed by atoms with Gasteiger partial charge in [0.15, 0.2) is 0 Å². The Bertz CT molecular complexity index is 1250. The van der Waals surface area contributed by atoms with Gasteiger partial charge in [-0.25, -0.2) is 13.9 Å². The Kier molecular flexibility index (Phi) is 15.9. The molecule has 1 unspecified atom stereocenters. The molecule has 3 atom stereocenters. The van der Waals surface area contributed by atoms with Gasteiger partial charge in [0.05, 0.1) is 12.3 Å². The molecule has 0 spiro atoms. The zero-order valence-corrected chi connectivity index (χ0v) is 29.1. The summed E-state index contributed by atoms with van der Waals surface area (Å²) in [6.45, 7) is 15.1. The number of alkyl halides is 1. The summed E-state index contributed by atoms with van der Waals surface area (Å²) in [4.78, 5) is 39.9. The van der Waals surface area contributed by atoms with Crippen molar-refractivity contribution in [1.29, 1.82) is 5.26 Å². The maximum Gasteiger partial charge on any atom is 0.411 e. The molecular weight excluding hydrogens is 664 g/mol. The first-order chi connectivity index (χ1) is 20.3. The maximum atomic E-state index is 13.5. The van der Waals surface area contributed by atoms with Gasteiger partial charge >= 0.3 is 6.09 Å². The van der Waals surface area contributed by atoms with Crippen LogP contribution in [0.25, 0.3) is 11.1 Å². The van der Waals surface area contributed by atoms with E-state index in [1.54, 1.807) is 30.3 Å². The van der Waals surface area contributed by atoms with Crippen LogP contribution < -0.4 is 5.32 Å². The highest BCUT2D eigenvalue weighted by Gasteiger charge is 2.52. The number of piperidine rings is 1. The van der Waals surface area contributed by atoms with Crippen LogP contribution in [0.5, 0.6) is 0 Å². The number of nitrogens with one attached hydrogen (secondary N) is 1. The standard InChI is InChI=1S/C15H17FN2O.C14H21N3O3.C2H6.CH3I/c1-10(2)6-15(19)18-9-13(8-17-18)12-5-4-11(3)14(16)7-12;1-14(2,3)20-13(19)17-10-5-4-9(8-10)11(17)12(18)16-7-6-15;2*1-2/h4-5,7-10H,6H2,1-3H3;9-11H,4-5,7-8H2,1-3H3,(H,16,18);1-2H3;1H3/t;9?,10-,11+;;/m.1../s1. The van der Waals surface area contributed by atoms with Crippen molar-refractivity contribution < 1.29 is 23.5 Å². The molecule has 2 fully saturated rings. The van der Waals surface area contributed by atoms with Crippen LogP contribution in [0.2, 0.25) is 0 Å². The Morgan fingerprint density at radius 3 is 2.40 bits per heavy atom. The van der Waals surface area contributed by atoms with Gasteiger partial charge in [-0.1, -0.05) is 62.4 Å². The lowest BCUT2D eigenvalue weighted by atomic mass is 9.98. The average molecular weight is 712 g/mol. The normalized spacial score (nSPS) is 18.2. The quantitative estimate of drug-likeness (QED) is 0.200. The Balaban J connectivity index is 0.000000386. The molecule has 1 saturated carbocycles. The SMILES string of the molecule is CC.CC(C)(C)OC(=O)N1[C@@H]2CCC(C2)[C@H]1C(=O)NCC#N.CI.Cc1ccc(-c2cnn(C(=O)CC(C)C)c2)cc1F. The van der Waals surface area contributed by atoms with Gasteiger partial charge in [-0.05, 0) is 80.9 Å². The number of carbonyl (C=O) groups excluding carboxylic acids is 3. The Hall–Kier alpha value is -3.01. The van der Waals surface area contributed by atoms with E-state index in [1.807, 2.05) is 65.5 Å². The lowest BCUT2D eigenvalue weighted by Gasteiger charge is -2.35. The Morgan fingerprint density at radius 2 is 1.84 bits per heavy atom. The van der Waals surface area contributed by atoms with Crippen LogP contribution in [0.3, 0.4) is 0 Å². The molecule has 0 radical (unpaired) electrons. The fourth-order valence-electron chi connectivity index (χ4n) is 4.96. The monoisotopic (exact) mass is 711 g/mol. The van der Waals surface area contributed by atoms with Crippen LogP contribution in [0.15, 0.2) is 30.6 Å². The van der Waals surface area contributed by atoms with Crippen molar-refractivity contribution in [3.63, 3.8) is 0 Å². The second-order valence-electron chi connectivity index (χ2n) is 11.6. The van der Waals surface area contributed by atoms with Crippen LogP contribution in [0, 0.1) is 35.9 Å². The van der Waals surface area contributed by atoms with E-state index in [1.165, 1.54) is 10.7 Å². The van der Waals surface area contributed by atoms with Crippen molar-refractivity contribution in [3.8, 4) is 17.2 Å². The summed E-state index contributed by atoms with van der Waals surface area (Å²) in [5.74, 6) is -0.0691. The van der Waals surface area contributed by atoms with Crippen LogP contribution in [0.4, 0.5) is 9.18 Å². The molecule has 43 heavy (non-hydrogen) atoms. The molecule has 2 aliphatic rings. The van der Waals surface area contributed by atoms with Gasteiger partial charge in [0.1, 0.15) is 24.0 Å². The van der Waals surface area contributed by atoms with E-state index in [0.29, 0.717) is 12.0 Å². The molecule has 1 aromatic heterocycles. The van der Waals surface area contributed by atoms with Crippen molar-refractivity contribution in [2.75, 3.05) is 11.5 Å². The number of likely N-dealkylation sites (tertiary alicyclic amines) is 1. The molecule has 2 amide bonds. The second-order valence-corrected chi connectivity index (χ2v) is 11.6. The average Bonchev–Trinajstić information content (AvgIpc) is 3.71. The van der Waals surface area contributed by atoms with Gasteiger partial charge < -0.3 is 10.1 Å². The third-order valence-corrected chi connectivity index (χ3v) is 6.73. The van der Waals surface area contributed by atoms with E-state index in [-0.39, 0.29) is 42.1 Å². The highest BCUT2D eigenvalue weighted by molar-refractivity contribution is 14.1. The van der Waals surface area contributed by atoms with Crippen LogP contribution >= 0.6 is 22.6 Å². The minimum atomic E-state index is -0.577. The van der Waals surface area contributed by atoms with Crippen LogP contribution in [0.1, 0.15) is 84.5 Å². The molecule has 1 aliphatic carbocycles. The van der Waals surface area contributed by atoms with Crippen LogP contribution in [-0.2, 0) is 9.53 Å². The number of halogens is 2. The van der Waals surface area contributed by atoms with Crippen molar-refractivity contribution >= 4 is 40.5 Å². The molecule has 9 nitrogen and oxygen atoms in total. The molecule has 1 aromatic carbocycles. The van der Waals surface area contributed by atoms with Crippen molar-refractivity contribution in [2.45, 2.75) is 98.8 Å². The zero-order chi connectivity index (χ0) is 32.9. The number of benzene rings is 1. The van der Waals surface area contributed by atoms with Crippen molar-refractivity contribution in [2.24, 2.45) is 11.8 Å². The summed E-state index contributed by atoms with van der Waals surface area (Å²) in [6.07, 6.45) is 5.98. The lowest BCUT2D eigenvalue weighted by molar-refractivity contribution is -0.127. The number of fused-ring (bicyclic) bond motifs is 2. The Morgan fingerprint density at radius 1 is 1.19 bits per heavy atom. The maximum absolute atomic E-state index is 13.5. The van der Waals surface area contributed by atoms with Gasteiger partial charge in [0.2, 0.25) is 11.8 Å². The molecule has 1 N–H and O–H groups in total. The number of amides is 2. The van der Waals surface area contributed by atoms with Crippen LogP contribution in [-0.4, -0.2) is 61.7 Å². The number of aromatic nitrogens is 2. The number of hydrogen-bond acceptors (Lipinski definition) is 6. The number of ether oxygens (including phenoxy) is 1. The first-order valence-corrected chi connectivity index (χ1v) is 16.8. The topological polar surface area (TPSA) is 117 Å². The summed E-state index contributed by atoms with van der Waals surface area (Å²) in [5.41, 5.74) is 1.50. The summed E-state index contributed by atoms with van der Waals surface area (Å²) in [5, 5.41) is 15.1. The smallest absolute Gasteiger partial charge is 0.411 e. The largest absolute Gasteiger partial charge is 0.444 e. The van der Waals surface area contributed by atoms with Gasteiger partial charge in [0.25, 0.3) is 0 Å². The molecule has 2 aromatic rings. The lowest BCUT2D eigenvalue weighted by Crippen LogP contribution is -2.53. The number of hydrogen-bond donors (Lipinski definition) is 1. The third kappa shape index (κ3) is 11.2. The van der Waals surface area contributed by atoms with E-state index in [0.717, 1.165) is 30.4 Å².